The Labute approximate surface area is 163 Å². The first-order valence-corrected chi connectivity index (χ1v) is 9.17. The van der Waals surface area contributed by atoms with E-state index in [-0.39, 0.29) is 24.1 Å². The summed E-state index contributed by atoms with van der Waals surface area (Å²) in [4.78, 5) is 26.3. The summed E-state index contributed by atoms with van der Waals surface area (Å²) in [5.74, 6) is 0.00326. The number of methoxy groups -OCH3 is 1. The molecule has 1 aliphatic heterocycles. The fraction of sp³-hybridized carbons (Fsp3) is 0.333. The number of hydrogen-bond acceptors (Lipinski definition) is 4. The minimum atomic E-state index is -0.541. The second-order valence-electron chi connectivity index (χ2n) is 6.55. The van der Waals surface area contributed by atoms with Crippen molar-refractivity contribution in [1.82, 2.24) is 10.2 Å². The Morgan fingerprint density at radius 3 is 2.39 bits per heavy atom. The number of hydrogen-bond donors (Lipinski definition) is 1. The number of benzene rings is 2. The summed E-state index contributed by atoms with van der Waals surface area (Å²) < 4.78 is 24.5. The molecule has 1 heterocycles. The molecule has 0 spiro atoms. The third-order valence-corrected chi connectivity index (χ3v) is 4.72. The number of rotatable bonds is 6. The van der Waals surface area contributed by atoms with Gasteiger partial charge in [-0.15, -0.1) is 0 Å². The molecule has 6 nitrogen and oxygen atoms in total. The van der Waals surface area contributed by atoms with Gasteiger partial charge in [-0.25, -0.2) is 4.39 Å². The number of nitrogens with one attached hydrogen (secondary N) is 1. The van der Waals surface area contributed by atoms with Gasteiger partial charge in [-0.1, -0.05) is 24.3 Å². The van der Waals surface area contributed by atoms with E-state index in [0.29, 0.717) is 37.4 Å². The average molecular weight is 386 g/mol. The molecule has 28 heavy (non-hydrogen) atoms. The van der Waals surface area contributed by atoms with Crippen LogP contribution in [0.5, 0.6) is 11.5 Å². The van der Waals surface area contributed by atoms with E-state index in [0.717, 1.165) is 0 Å². The second-order valence-corrected chi connectivity index (χ2v) is 6.55. The van der Waals surface area contributed by atoms with Gasteiger partial charge in [-0.3, -0.25) is 9.59 Å². The molecule has 2 amide bonds. The zero-order valence-corrected chi connectivity index (χ0v) is 15.7. The molecule has 0 bridgehead atoms. The topological polar surface area (TPSA) is 67.9 Å². The third-order valence-electron chi connectivity index (χ3n) is 4.72. The monoisotopic (exact) mass is 386 g/mol. The van der Waals surface area contributed by atoms with Crippen molar-refractivity contribution in [3.8, 4) is 11.5 Å². The number of piperidine rings is 1. The third kappa shape index (κ3) is 4.79. The predicted octanol–water partition coefficient (Wildman–Crippen LogP) is 2.63. The first-order valence-electron chi connectivity index (χ1n) is 9.17. The van der Waals surface area contributed by atoms with Crippen molar-refractivity contribution in [2.24, 2.45) is 0 Å². The number of nitrogens with zero attached hydrogens (tertiary/aromatic N) is 1. The van der Waals surface area contributed by atoms with Crippen LogP contribution in [-0.4, -0.2) is 49.6 Å². The van der Waals surface area contributed by atoms with Gasteiger partial charge in [0, 0.05) is 19.1 Å². The number of carbonyl (C=O) groups is 2. The molecule has 0 saturated carbocycles. The predicted molar refractivity (Wildman–Crippen MR) is 102 cm³/mol. The Morgan fingerprint density at radius 1 is 1.07 bits per heavy atom. The maximum Gasteiger partial charge on any atom is 0.260 e. The van der Waals surface area contributed by atoms with Crippen molar-refractivity contribution in [3.63, 3.8) is 0 Å². The van der Waals surface area contributed by atoms with Crippen LogP contribution >= 0.6 is 0 Å². The van der Waals surface area contributed by atoms with E-state index in [2.05, 4.69) is 5.32 Å². The maximum atomic E-state index is 13.7. The molecule has 1 saturated heterocycles. The summed E-state index contributed by atoms with van der Waals surface area (Å²) in [7, 11) is 1.55. The van der Waals surface area contributed by atoms with Crippen LogP contribution in [0.3, 0.4) is 0 Å². The second kappa shape index (κ2) is 9.21. The lowest BCUT2D eigenvalue weighted by Crippen LogP contribution is -2.47. The molecule has 0 atom stereocenters. The van der Waals surface area contributed by atoms with Crippen LogP contribution in [0, 0.1) is 5.82 Å². The van der Waals surface area contributed by atoms with Crippen molar-refractivity contribution in [3.05, 3.63) is 59.9 Å². The van der Waals surface area contributed by atoms with Crippen molar-refractivity contribution >= 4 is 11.8 Å². The van der Waals surface area contributed by atoms with Gasteiger partial charge in [0.1, 0.15) is 5.82 Å². The maximum absolute atomic E-state index is 13.7. The molecule has 0 radical (unpaired) electrons. The van der Waals surface area contributed by atoms with Gasteiger partial charge in [0.05, 0.1) is 12.7 Å². The van der Waals surface area contributed by atoms with Gasteiger partial charge in [-0.2, -0.15) is 0 Å². The van der Waals surface area contributed by atoms with Crippen LogP contribution in [-0.2, 0) is 4.79 Å². The number of amides is 2. The lowest BCUT2D eigenvalue weighted by atomic mass is 10.0. The van der Waals surface area contributed by atoms with E-state index < -0.39 is 11.7 Å². The van der Waals surface area contributed by atoms with Crippen LogP contribution in [0.4, 0.5) is 4.39 Å². The zero-order valence-electron chi connectivity index (χ0n) is 15.7. The Hall–Kier alpha value is -3.09. The van der Waals surface area contributed by atoms with E-state index in [9.17, 15) is 14.0 Å². The fourth-order valence-electron chi connectivity index (χ4n) is 3.15. The zero-order chi connectivity index (χ0) is 19.9. The fourth-order valence-corrected chi connectivity index (χ4v) is 3.15. The molecule has 2 aromatic rings. The SMILES string of the molecule is COc1ccccc1OCC(=O)N1CCC(NC(=O)c2ccccc2F)CC1. The molecule has 0 aromatic heterocycles. The minimum absolute atomic E-state index is 0.0335. The van der Waals surface area contributed by atoms with Gasteiger partial charge in [0.2, 0.25) is 0 Å². The number of carbonyl (C=O) groups excluding carboxylic acids is 2. The molecule has 2 aromatic carbocycles. The standard InChI is InChI=1S/C21H23FN2O4/c1-27-18-8-4-5-9-19(18)28-14-20(25)24-12-10-15(11-13-24)23-21(26)16-6-2-3-7-17(16)22/h2-9,15H,10-14H2,1H3,(H,23,26). The van der Waals surface area contributed by atoms with Crippen LogP contribution in [0.25, 0.3) is 0 Å². The number of halogens is 1. The lowest BCUT2D eigenvalue weighted by Gasteiger charge is -2.32. The normalized spacial score (nSPS) is 14.4. The average Bonchev–Trinajstić information content (AvgIpc) is 2.73. The summed E-state index contributed by atoms with van der Waals surface area (Å²) in [5.41, 5.74) is 0.0335. The molecule has 148 valence electrons. The van der Waals surface area contributed by atoms with Gasteiger partial charge in [-0.05, 0) is 37.1 Å². The van der Waals surface area contributed by atoms with Crippen LogP contribution < -0.4 is 14.8 Å². The lowest BCUT2D eigenvalue weighted by molar-refractivity contribution is -0.134. The van der Waals surface area contributed by atoms with Crippen LogP contribution in [0.15, 0.2) is 48.5 Å². The van der Waals surface area contributed by atoms with Crippen LogP contribution in [0.2, 0.25) is 0 Å². The van der Waals surface area contributed by atoms with E-state index >= 15 is 0 Å². The highest BCUT2D eigenvalue weighted by molar-refractivity contribution is 5.94. The van der Waals surface area contributed by atoms with Gasteiger partial charge in [0.25, 0.3) is 11.8 Å². The molecule has 1 fully saturated rings. The van der Waals surface area contributed by atoms with Crippen LogP contribution in [0.1, 0.15) is 23.2 Å². The first kappa shape index (κ1) is 19.7. The molecule has 1 aliphatic rings. The summed E-state index contributed by atoms with van der Waals surface area (Å²) in [6.45, 7) is 0.944. The van der Waals surface area contributed by atoms with Gasteiger partial charge < -0.3 is 19.7 Å². The molecule has 0 unspecified atom stereocenters. The summed E-state index contributed by atoms with van der Waals surface area (Å²) in [5, 5.41) is 2.84. The largest absolute Gasteiger partial charge is 0.493 e. The van der Waals surface area contributed by atoms with Crippen molar-refractivity contribution in [1.29, 1.82) is 0 Å². The Bertz CT molecular complexity index is 835. The number of likely N-dealkylation sites (tertiary alicyclic amines) is 1. The molecule has 7 heteroatoms. The van der Waals surface area contributed by atoms with Crippen molar-refractivity contribution in [2.45, 2.75) is 18.9 Å². The van der Waals surface area contributed by atoms with Crippen molar-refractivity contribution in [2.75, 3.05) is 26.8 Å². The van der Waals surface area contributed by atoms with E-state index in [1.54, 1.807) is 36.3 Å². The first-order chi connectivity index (χ1) is 13.6. The summed E-state index contributed by atoms with van der Waals surface area (Å²) in [6, 6.07) is 13.0. The Balaban J connectivity index is 1.46. The Morgan fingerprint density at radius 2 is 1.71 bits per heavy atom. The minimum Gasteiger partial charge on any atom is -0.493 e. The highest BCUT2D eigenvalue weighted by Crippen LogP contribution is 2.25. The molecule has 3 rings (SSSR count). The number of ether oxygens (including phenoxy) is 2. The molecule has 1 N–H and O–H groups in total. The van der Waals surface area contributed by atoms with E-state index in [4.69, 9.17) is 9.47 Å². The highest BCUT2D eigenvalue weighted by atomic mass is 19.1. The summed E-state index contributed by atoms with van der Waals surface area (Å²) in [6.07, 6.45) is 1.22. The Kier molecular flexibility index (Phi) is 6.47. The smallest absolute Gasteiger partial charge is 0.260 e. The number of para-hydroxylation sites is 2. The van der Waals surface area contributed by atoms with E-state index in [1.807, 2.05) is 12.1 Å². The molecular weight excluding hydrogens is 363 g/mol. The summed E-state index contributed by atoms with van der Waals surface area (Å²) >= 11 is 0. The molecule has 0 aliphatic carbocycles. The molecular formula is C21H23FN2O4. The highest BCUT2D eigenvalue weighted by Gasteiger charge is 2.25. The van der Waals surface area contributed by atoms with Gasteiger partial charge in [0.15, 0.2) is 18.1 Å². The quantitative estimate of drug-likeness (QED) is 0.829. The van der Waals surface area contributed by atoms with Gasteiger partial charge >= 0.3 is 0 Å². The van der Waals surface area contributed by atoms with Crippen molar-refractivity contribution < 1.29 is 23.5 Å². The van der Waals surface area contributed by atoms with E-state index in [1.165, 1.54) is 12.1 Å².